The average Bonchev–Trinajstić information content (AvgIpc) is 2.72. The molecule has 0 saturated carbocycles. The third-order valence-corrected chi connectivity index (χ3v) is 5.75. The van der Waals surface area contributed by atoms with Gasteiger partial charge in [0, 0.05) is 6.54 Å². The molecule has 1 amide bonds. The van der Waals surface area contributed by atoms with Crippen LogP contribution in [-0.4, -0.2) is 36.2 Å². The minimum Gasteiger partial charge on any atom is -0.290 e. The number of aryl methyl sites for hydroxylation is 1. The topological polar surface area (TPSA) is 66.8 Å². The molecule has 0 aromatic heterocycles. The molecule has 7 heteroatoms. The number of hydrogen-bond acceptors (Lipinski definition) is 4. The molecule has 114 valence electrons. The molecular formula is C14H18N2O3S2. The zero-order valence-corrected chi connectivity index (χ0v) is 13.9. The molecule has 5 nitrogen and oxygen atoms in total. The summed E-state index contributed by atoms with van der Waals surface area (Å²) < 4.78 is 28.5. The first-order chi connectivity index (χ1) is 9.89. The van der Waals surface area contributed by atoms with E-state index in [-0.39, 0.29) is 21.2 Å². The van der Waals surface area contributed by atoms with Crippen LogP contribution in [0, 0.1) is 0 Å². The minimum atomic E-state index is -3.79. The Hall–Kier alpha value is -1.34. The predicted octanol–water partition coefficient (Wildman–Crippen LogP) is 2.28. The fraction of sp³-hybridized carbons (Fsp3) is 0.429. The van der Waals surface area contributed by atoms with E-state index < -0.39 is 10.0 Å². The van der Waals surface area contributed by atoms with Crippen LogP contribution in [0.4, 0.5) is 0 Å². The van der Waals surface area contributed by atoms with Gasteiger partial charge in [0.2, 0.25) is 5.91 Å². The highest BCUT2D eigenvalue weighted by molar-refractivity contribution is 8.16. The van der Waals surface area contributed by atoms with Gasteiger partial charge >= 0.3 is 0 Å². The smallest absolute Gasteiger partial charge is 0.284 e. The molecule has 0 aliphatic carbocycles. The second kappa shape index (κ2) is 6.19. The lowest BCUT2D eigenvalue weighted by molar-refractivity contribution is -0.125. The van der Waals surface area contributed by atoms with Crippen molar-refractivity contribution in [2.24, 2.45) is 4.40 Å². The van der Waals surface area contributed by atoms with Gasteiger partial charge in [-0.3, -0.25) is 9.69 Å². The maximum Gasteiger partial charge on any atom is 0.284 e. The van der Waals surface area contributed by atoms with Crippen molar-refractivity contribution in [3.8, 4) is 0 Å². The fourth-order valence-electron chi connectivity index (χ4n) is 2.00. The molecule has 0 bridgehead atoms. The summed E-state index contributed by atoms with van der Waals surface area (Å²) in [6.07, 6.45) is 0.848. The number of nitrogens with zero attached hydrogens (tertiary/aromatic N) is 2. The number of benzene rings is 1. The van der Waals surface area contributed by atoms with Crippen molar-refractivity contribution in [2.45, 2.75) is 37.3 Å². The number of sulfonamides is 1. The van der Waals surface area contributed by atoms with Crippen LogP contribution in [-0.2, 0) is 21.2 Å². The first-order valence-corrected chi connectivity index (χ1v) is 9.13. The summed E-state index contributed by atoms with van der Waals surface area (Å²) in [6.45, 7) is 5.97. The highest BCUT2D eigenvalue weighted by atomic mass is 32.2. The summed E-state index contributed by atoms with van der Waals surface area (Å²) in [5.74, 6) is -0.0993. The van der Waals surface area contributed by atoms with Crippen LogP contribution < -0.4 is 0 Å². The number of amidine groups is 1. The molecule has 1 saturated heterocycles. The van der Waals surface area contributed by atoms with E-state index >= 15 is 0 Å². The molecule has 1 atom stereocenters. The maximum atomic E-state index is 12.3. The number of carbonyl (C=O) groups excluding carboxylic acids is 1. The summed E-state index contributed by atoms with van der Waals surface area (Å²) in [5, 5.41) is -0.0315. The van der Waals surface area contributed by atoms with Crippen LogP contribution in [0.15, 0.2) is 33.6 Å². The van der Waals surface area contributed by atoms with Gasteiger partial charge in [0.05, 0.1) is 10.1 Å². The van der Waals surface area contributed by atoms with Gasteiger partial charge in [-0.25, -0.2) is 0 Å². The van der Waals surface area contributed by atoms with Crippen molar-refractivity contribution in [1.82, 2.24) is 4.90 Å². The highest BCUT2D eigenvalue weighted by Gasteiger charge is 2.35. The van der Waals surface area contributed by atoms with E-state index in [1.807, 2.05) is 6.92 Å². The van der Waals surface area contributed by atoms with Gasteiger partial charge < -0.3 is 0 Å². The normalized spacial score (nSPS) is 21.3. The number of rotatable bonds is 4. The van der Waals surface area contributed by atoms with Crippen LogP contribution in [0.25, 0.3) is 0 Å². The molecule has 1 aromatic carbocycles. The van der Waals surface area contributed by atoms with Crippen molar-refractivity contribution in [3.05, 3.63) is 29.8 Å². The van der Waals surface area contributed by atoms with Crippen LogP contribution >= 0.6 is 11.8 Å². The Morgan fingerprint density at radius 1 is 1.24 bits per heavy atom. The molecule has 0 unspecified atom stereocenters. The van der Waals surface area contributed by atoms with Crippen LogP contribution in [0.2, 0.25) is 0 Å². The quantitative estimate of drug-likeness (QED) is 0.851. The molecule has 21 heavy (non-hydrogen) atoms. The van der Waals surface area contributed by atoms with E-state index in [9.17, 15) is 13.2 Å². The number of thioether (sulfide) groups is 1. The van der Waals surface area contributed by atoms with Crippen molar-refractivity contribution < 1.29 is 13.2 Å². The van der Waals surface area contributed by atoms with Gasteiger partial charge in [0.1, 0.15) is 0 Å². The highest BCUT2D eigenvalue weighted by Crippen LogP contribution is 2.28. The van der Waals surface area contributed by atoms with E-state index in [0.717, 1.165) is 12.0 Å². The van der Waals surface area contributed by atoms with E-state index in [1.165, 1.54) is 16.7 Å². The van der Waals surface area contributed by atoms with Gasteiger partial charge in [-0.2, -0.15) is 8.42 Å². The van der Waals surface area contributed by atoms with E-state index in [2.05, 4.69) is 4.40 Å². The summed E-state index contributed by atoms with van der Waals surface area (Å²) in [6, 6.07) is 6.67. The monoisotopic (exact) mass is 326 g/mol. The molecule has 0 N–H and O–H groups in total. The third kappa shape index (κ3) is 3.29. The number of amides is 1. The summed E-state index contributed by atoms with van der Waals surface area (Å²) in [7, 11) is -3.79. The van der Waals surface area contributed by atoms with Crippen LogP contribution in [0.1, 0.15) is 26.3 Å². The fourth-order valence-corrected chi connectivity index (χ4v) is 4.25. The summed E-state index contributed by atoms with van der Waals surface area (Å²) in [5.41, 5.74) is 1.07. The molecule has 1 aliphatic heterocycles. The predicted molar refractivity (Wildman–Crippen MR) is 84.9 cm³/mol. The first kappa shape index (κ1) is 16.0. The maximum absolute atomic E-state index is 12.3. The Morgan fingerprint density at radius 2 is 1.86 bits per heavy atom. The Kier molecular flexibility index (Phi) is 4.73. The third-order valence-electron chi connectivity index (χ3n) is 3.27. The molecule has 1 fully saturated rings. The Labute approximate surface area is 129 Å². The van der Waals surface area contributed by atoms with Crippen LogP contribution in [0.3, 0.4) is 0 Å². The molecule has 2 rings (SSSR count). The molecule has 0 spiro atoms. The van der Waals surface area contributed by atoms with Crippen molar-refractivity contribution in [1.29, 1.82) is 0 Å². The summed E-state index contributed by atoms with van der Waals surface area (Å²) in [4.78, 5) is 13.4. The second-order valence-corrected chi connectivity index (χ2v) is 7.60. The van der Waals surface area contributed by atoms with Crippen LogP contribution in [0.5, 0.6) is 0 Å². The molecule has 1 aromatic rings. The molecule has 1 aliphatic rings. The Balaban J connectivity index is 2.35. The van der Waals surface area contributed by atoms with Crippen molar-refractivity contribution in [3.63, 3.8) is 0 Å². The van der Waals surface area contributed by atoms with Gasteiger partial charge in [-0.05, 0) is 38.0 Å². The van der Waals surface area contributed by atoms with Crippen molar-refractivity contribution in [2.75, 3.05) is 6.54 Å². The average molecular weight is 326 g/mol. The zero-order valence-electron chi connectivity index (χ0n) is 12.2. The largest absolute Gasteiger partial charge is 0.290 e. The molecule has 1 heterocycles. The first-order valence-electron chi connectivity index (χ1n) is 6.81. The minimum absolute atomic E-state index is 0.0993. The Bertz CT molecular complexity index is 666. The lowest BCUT2D eigenvalue weighted by Crippen LogP contribution is -2.31. The van der Waals surface area contributed by atoms with E-state index in [0.29, 0.717) is 6.54 Å². The van der Waals surface area contributed by atoms with Gasteiger partial charge in [-0.15, -0.1) is 4.40 Å². The lowest BCUT2D eigenvalue weighted by Gasteiger charge is -2.12. The van der Waals surface area contributed by atoms with Gasteiger partial charge in [0.25, 0.3) is 10.0 Å². The van der Waals surface area contributed by atoms with Gasteiger partial charge in [0.15, 0.2) is 5.17 Å². The van der Waals surface area contributed by atoms with Crippen molar-refractivity contribution >= 4 is 32.9 Å². The SMILES string of the molecule is CCc1ccc(S(=O)(=O)N=C2S[C@@H](C)C(=O)N2CC)cc1. The molecule has 0 radical (unpaired) electrons. The standard InChI is InChI=1S/C14H18N2O3S2/c1-4-11-6-8-12(9-7-11)21(18,19)15-14-16(5-2)13(17)10(3)20-14/h6-10H,4-5H2,1-3H3/t10-/m0/s1. The zero-order chi connectivity index (χ0) is 15.6. The lowest BCUT2D eigenvalue weighted by atomic mass is 10.2. The molecular weight excluding hydrogens is 308 g/mol. The van der Waals surface area contributed by atoms with E-state index in [4.69, 9.17) is 0 Å². The number of carbonyl (C=O) groups is 1. The number of hydrogen-bond donors (Lipinski definition) is 0. The summed E-state index contributed by atoms with van der Waals surface area (Å²) >= 11 is 1.18. The van der Waals surface area contributed by atoms with E-state index in [1.54, 1.807) is 38.1 Å². The Morgan fingerprint density at radius 3 is 2.38 bits per heavy atom. The van der Waals surface area contributed by atoms with Gasteiger partial charge in [-0.1, -0.05) is 30.8 Å². The second-order valence-electron chi connectivity index (χ2n) is 4.69.